The van der Waals surface area contributed by atoms with E-state index in [4.69, 9.17) is 9.47 Å². The van der Waals surface area contributed by atoms with Gasteiger partial charge in [-0.2, -0.15) is 0 Å². The zero-order valence-corrected chi connectivity index (χ0v) is 22.6. The summed E-state index contributed by atoms with van der Waals surface area (Å²) in [6.45, 7) is 3.46. The maximum absolute atomic E-state index is 13.1. The Bertz CT molecular complexity index is 1580. The van der Waals surface area contributed by atoms with E-state index in [0.717, 1.165) is 30.6 Å². The van der Waals surface area contributed by atoms with Crippen LogP contribution in [0, 0.1) is 0 Å². The van der Waals surface area contributed by atoms with Crippen molar-refractivity contribution in [2.75, 3.05) is 45.1 Å². The highest BCUT2D eigenvalue weighted by atomic mass is 32.2. The van der Waals surface area contributed by atoms with Crippen molar-refractivity contribution in [1.29, 1.82) is 0 Å². The summed E-state index contributed by atoms with van der Waals surface area (Å²) in [5.74, 6) is 1.32. The highest BCUT2D eigenvalue weighted by molar-refractivity contribution is 7.93. The first-order valence-electron chi connectivity index (χ1n) is 12.6. The molecule has 1 aliphatic heterocycles. The lowest BCUT2D eigenvalue weighted by Crippen LogP contribution is -2.48. The second kappa shape index (κ2) is 11.3. The molecule has 1 aliphatic rings. The molecule has 2 heterocycles. The van der Waals surface area contributed by atoms with Crippen LogP contribution in [0.3, 0.4) is 0 Å². The molecule has 10 heteroatoms. The molecule has 1 aromatic heterocycles. The minimum Gasteiger partial charge on any atom is -0.493 e. The van der Waals surface area contributed by atoms with Gasteiger partial charge in [-0.1, -0.05) is 24.3 Å². The van der Waals surface area contributed by atoms with Crippen molar-refractivity contribution in [1.82, 2.24) is 14.8 Å². The number of para-hydroxylation sites is 1. The molecule has 202 valence electrons. The molecule has 1 saturated heterocycles. The number of pyridine rings is 1. The van der Waals surface area contributed by atoms with Gasteiger partial charge in [0, 0.05) is 55.6 Å². The number of methoxy groups -OCH3 is 2. The number of fused-ring (bicyclic) bond motifs is 1. The highest BCUT2D eigenvalue weighted by Gasteiger charge is 2.23. The van der Waals surface area contributed by atoms with Crippen LogP contribution in [-0.2, 0) is 16.6 Å². The first-order valence-corrected chi connectivity index (χ1v) is 14.1. The van der Waals surface area contributed by atoms with E-state index in [1.807, 2.05) is 35.2 Å². The standard InChI is InChI=1S/C29H30N4O5S/c1-37-25-13-8-21(19-26(25)38-2)20-32-15-17-33(18-16-32)29(34)23-9-11-24(12-10-23)31-39(35,36)27-7-3-5-22-6-4-14-30-28(22)27/h3-14,19,31H,15-18,20H2,1-2H3. The van der Waals surface area contributed by atoms with Crippen molar-refractivity contribution in [2.45, 2.75) is 11.4 Å². The number of hydrogen-bond donors (Lipinski definition) is 1. The summed E-state index contributed by atoms with van der Waals surface area (Å²) < 4.78 is 39.4. The van der Waals surface area contributed by atoms with E-state index in [0.29, 0.717) is 41.4 Å². The van der Waals surface area contributed by atoms with Crippen molar-refractivity contribution in [2.24, 2.45) is 0 Å². The van der Waals surface area contributed by atoms with Gasteiger partial charge < -0.3 is 14.4 Å². The normalized spacial score (nSPS) is 14.3. The Labute approximate surface area is 228 Å². The fraction of sp³-hybridized carbons (Fsp3) is 0.241. The first kappa shape index (κ1) is 26.5. The monoisotopic (exact) mass is 546 g/mol. The number of aromatic nitrogens is 1. The number of carbonyl (C=O) groups excluding carboxylic acids is 1. The van der Waals surface area contributed by atoms with E-state index in [9.17, 15) is 13.2 Å². The van der Waals surface area contributed by atoms with Crippen LogP contribution in [-0.4, -0.2) is 69.5 Å². The summed E-state index contributed by atoms with van der Waals surface area (Å²) >= 11 is 0. The molecule has 4 aromatic rings. The predicted octanol–water partition coefficient (Wildman–Crippen LogP) is 4.01. The van der Waals surface area contributed by atoms with E-state index >= 15 is 0 Å². The van der Waals surface area contributed by atoms with Crippen LogP contribution >= 0.6 is 0 Å². The molecule has 1 amide bonds. The van der Waals surface area contributed by atoms with Gasteiger partial charge in [-0.05, 0) is 54.1 Å². The molecule has 39 heavy (non-hydrogen) atoms. The van der Waals surface area contributed by atoms with E-state index in [-0.39, 0.29) is 10.8 Å². The van der Waals surface area contributed by atoms with Gasteiger partial charge in [0.2, 0.25) is 0 Å². The maximum Gasteiger partial charge on any atom is 0.264 e. The minimum absolute atomic E-state index is 0.0755. The third kappa shape index (κ3) is 5.81. The molecule has 1 fully saturated rings. The van der Waals surface area contributed by atoms with Crippen LogP contribution in [0.15, 0.2) is 83.9 Å². The molecule has 0 spiro atoms. The fourth-order valence-electron chi connectivity index (χ4n) is 4.71. The Balaban J connectivity index is 1.19. The molecule has 9 nitrogen and oxygen atoms in total. The number of ether oxygens (including phenoxy) is 2. The van der Waals surface area contributed by atoms with Crippen LogP contribution in [0.4, 0.5) is 5.69 Å². The molecule has 0 saturated carbocycles. The van der Waals surface area contributed by atoms with Gasteiger partial charge in [0.25, 0.3) is 15.9 Å². The number of anilines is 1. The Hall–Kier alpha value is -4.15. The summed E-state index contributed by atoms with van der Waals surface area (Å²) in [5, 5.41) is 0.741. The van der Waals surface area contributed by atoms with Crippen LogP contribution in [0.2, 0.25) is 0 Å². The van der Waals surface area contributed by atoms with E-state index in [1.165, 1.54) is 6.07 Å². The van der Waals surface area contributed by atoms with Gasteiger partial charge in [-0.25, -0.2) is 8.42 Å². The number of carbonyl (C=O) groups is 1. The Morgan fingerprint density at radius 2 is 1.62 bits per heavy atom. The Morgan fingerprint density at radius 3 is 2.33 bits per heavy atom. The SMILES string of the molecule is COc1ccc(CN2CCN(C(=O)c3ccc(NS(=O)(=O)c4cccc5cccnc45)cc3)CC2)cc1OC. The van der Waals surface area contributed by atoms with E-state index in [2.05, 4.69) is 14.6 Å². The molecule has 0 aliphatic carbocycles. The summed E-state index contributed by atoms with van der Waals surface area (Å²) in [6.07, 6.45) is 1.57. The molecular formula is C29H30N4O5S. The second-order valence-corrected chi connectivity index (χ2v) is 10.9. The smallest absolute Gasteiger partial charge is 0.264 e. The zero-order valence-electron chi connectivity index (χ0n) is 21.8. The number of nitrogens with one attached hydrogen (secondary N) is 1. The molecule has 0 unspecified atom stereocenters. The van der Waals surface area contributed by atoms with Gasteiger partial charge in [-0.3, -0.25) is 19.4 Å². The van der Waals surface area contributed by atoms with E-state index in [1.54, 1.807) is 56.8 Å². The number of rotatable bonds is 8. The van der Waals surface area contributed by atoms with Gasteiger partial charge >= 0.3 is 0 Å². The van der Waals surface area contributed by atoms with Crippen LogP contribution in [0.25, 0.3) is 10.9 Å². The lowest BCUT2D eigenvalue weighted by molar-refractivity contribution is 0.0628. The predicted molar refractivity (Wildman–Crippen MR) is 150 cm³/mol. The van der Waals surface area contributed by atoms with Gasteiger partial charge in [0.1, 0.15) is 4.90 Å². The first-order chi connectivity index (χ1) is 18.9. The second-order valence-electron chi connectivity index (χ2n) is 9.27. The van der Waals surface area contributed by atoms with Crippen molar-refractivity contribution < 1.29 is 22.7 Å². The topological polar surface area (TPSA) is 101 Å². The van der Waals surface area contributed by atoms with Crippen molar-refractivity contribution in [3.63, 3.8) is 0 Å². The maximum atomic E-state index is 13.1. The molecule has 1 N–H and O–H groups in total. The van der Waals surface area contributed by atoms with E-state index < -0.39 is 10.0 Å². The van der Waals surface area contributed by atoms with Gasteiger partial charge in [0.15, 0.2) is 11.5 Å². The minimum atomic E-state index is -3.86. The van der Waals surface area contributed by atoms with Gasteiger partial charge in [0.05, 0.1) is 19.7 Å². The molecule has 3 aromatic carbocycles. The molecular weight excluding hydrogens is 516 g/mol. The van der Waals surface area contributed by atoms with Crippen molar-refractivity contribution in [3.05, 3.63) is 90.1 Å². The van der Waals surface area contributed by atoms with Crippen molar-refractivity contribution >= 4 is 32.5 Å². The Kier molecular flexibility index (Phi) is 7.67. The lowest BCUT2D eigenvalue weighted by Gasteiger charge is -2.35. The highest BCUT2D eigenvalue weighted by Crippen LogP contribution is 2.28. The summed E-state index contributed by atoms with van der Waals surface area (Å²) in [5.41, 5.74) is 2.41. The van der Waals surface area contributed by atoms with Crippen molar-refractivity contribution in [3.8, 4) is 11.5 Å². The molecule has 0 bridgehead atoms. The number of hydrogen-bond acceptors (Lipinski definition) is 7. The molecule has 0 radical (unpaired) electrons. The largest absolute Gasteiger partial charge is 0.493 e. The average molecular weight is 547 g/mol. The quantitative estimate of drug-likeness (QED) is 0.356. The van der Waals surface area contributed by atoms with Crippen LogP contribution < -0.4 is 14.2 Å². The number of piperazine rings is 1. The van der Waals surface area contributed by atoms with Crippen LogP contribution in [0.5, 0.6) is 11.5 Å². The summed E-state index contributed by atoms with van der Waals surface area (Å²) in [4.78, 5) is 21.6. The molecule has 5 rings (SSSR count). The lowest BCUT2D eigenvalue weighted by atomic mass is 10.1. The van der Waals surface area contributed by atoms with Gasteiger partial charge in [-0.15, -0.1) is 0 Å². The summed E-state index contributed by atoms with van der Waals surface area (Å²) in [7, 11) is -0.626. The number of amides is 1. The number of benzene rings is 3. The average Bonchev–Trinajstić information content (AvgIpc) is 2.97. The zero-order chi connectivity index (χ0) is 27.4. The number of sulfonamides is 1. The Morgan fingerprint density at radius 1 is 0.897 bits per heavy atom. The fourth-order valence-corrected chi connectivity index (χ4v) is 5.95. The molecule has 0 atom stereocenters. The summed E-state index contributed by atoms with van der Waals surface area (Å²) in [6, 6.07) is 21.0. The third-order valence-corrected chi connectivity index (χ3v) is 8.20. The third-order valence-electron chi connectivity index (χ3n) is 6.78. The number of nitrogens with zero attached hydrogens (tertiary/aromatic N) is 3. The van der Waals surface area contributed by atoms with Crippen LogP contribution in [0.1, 0.15) is 15.9 Å².